The molecule has 0 saturated heterocycles. The van der Waals surface area contributed by atoms with Crippen molar-refractivity contribution in [1.82, 2.24) is 9.88 Å². The molecule has 0 atom stereocenters. The first-order valence-electron chi connectivity index (χ1n) is 8.94. The molecule has 5 heteroatoms. The van der Waals surface area contributed by atoms with Gasteiger partial charge in [0.2, 0.25) is 0 Å². The smallest absolute Gasteiger partial charge is 0.264 e. The maximum atomic E-state index is 13.1. The molecule has 2 heterocycles. The number of nitriles is 1. The van der Waals surface area contributed by atoms with E-state index in [0.717, 1.165) is 23.3 Å². The van der Waals surface area contributed by atoms with Gasteiger partial charge in [-0.3, -0.25) is 9.78 Å². The van der Waals surface area contributed by atoms with Crippen molar-refractivity contribution >= 4 is 17.2 Å². The molecule has 1 aliphatic rings. The molecule has 0 bridgehead atoms. The summed E-state index contributed by atoms with van der Waals surface area (Å²) >= 11 is 1.65. The minimum absolute atomic E-state index is 0.0378. The number of hydrogen-bond acceptors (Lipinski definition) is 4. The van der Waals surface area contributed by atoms with Crippen molar-refractivity contribution < 1.29 is 4.79 Å². The molecule has 0 saturated carbocycles. The third kappa shape index (κ3) is 4.67. The Kier molecular flexibility index (Phi) is 6.19. The molecule has 3 rings (SSSR count). The lowest BCUT2D eigenvalue weighted by atomic mass is 10.00. The van der Waals surface area contributed by atoms with Gasteiger partial charge in [-0.25, -0.2) is 0 Å². The third-order valence-electron chi connectivity index (χ3n) is 4.58. The molecule has 1 amide bonds. The average molecular weight is 353 g/mol. The van der Waals surface area contributed by atoms with Crippen molar-refractivity contribution in [3.63, 3.8) is 0 Å². The van der Waals surface area contributed by atoms with Crippen molar-refractivity contribution in [1.29, 1.82) is 5.26 Å². The molecular formula is C20H23N3OS. The fourth-order valence-electron chi connectivity index (χ4n) is 3.25. The zero-order chi connectivity index (χ0) is 17.5. The molecule has 0 fully saturated rings. The summed E-state index contributed by atoms with van der Waals surface area (Å²) < 4.78 is 0. The molecular weight excluding hydrogens is 330 g/mol. The van der Waals surface area contributed by atoms with E-state index in [1.54, 1.807) is 28.6 Å². The van der Waals surface area contributed by atoms with Crippen molar-refractivity contribution in [2.24, 2.45) is 0 Å². The Morgan fingerprint density at radius 3 is 2.88 bits per heavy atom. The average Bonchev–Trinajstić information content (AvgIpc) is 3.01. The first kappa shape index (κ1) is 17.6. The zero-order valence-electron chi connectivity index (χ0n) is 14.4. The number of thiophene rings is 1. The molecule has 0 unspecified atom stereocenters. The summed E-state index contributed by atoms with van der Waals surface area (Å²) in [6, 6.07) is 8.08. The van der Waals surface area contributed by atoms with Crippen LogP contribution in [0.25, 0.3) is 0 Å². The molecule has 1 aliphatic carbocycles. The van der Waals surface area contributed by atoms with Crippen molar-refractivity contribution in [2.45, 2.75) is 51.5 Å². The standard InChI is InChI=1S/C20H23N3OS/c21-10-6-12-23(15-16-7-5-11-22-14-16)20(24)19-13-17-8-3-1-2-4-9-18(17)25-19/h5,7,11,13-14H,1-4,6,8-9,12,15H2. The normalized spacial score (nSPS) is 14.0. The van der Waals surface area contributed by atoms with Gasteiger partial charge in [-0.2, -0.15) is 5.26 Å². The summed E-state index contributed by atoms with van der Waals surface area (Å²) in [6.07, 6.45) is 11.0. The van der Waals surface area contributed by atoms with Crippen LogP contribution in [0.15, 0.2) is 30.6 Å². The Bertz CT molecular complexity index is 723. The lowest BCUT2D eigenvalue weighted by Crippen LogP contribution is -2.31. The van der Waals surface area contributed by atoms with E-state index in [0.29, 0.717) is 19.5 Å². The van der Waals surface area contributed by atoms with E-state index >= 15 is 0 Å². The maximum Gasteiger partial charge on any atom is 0.264 e. The largest absolute Gasteiger partial charge is 0.333 e. The molecule has 0 radical (unpaired) electrons. The van der Waals surface area contributed by atoms with E-state index in [1.165, 1.54) is 36.1 Å². The minimum atomic E-state index is 0.0378. The molecule has 25 heavy (non-hydrogen) atoms. The lowest BCUT2D eigenvalue weighted by Gasteiger charge is -2.20. The van der Waals surface area contributed by atoms with Gasteiger partial charge >= 0.3 is 0 Å². The summed E-state index contributed by atoms with van der Waals surface area (Å²) in [6.45, 7) is 0.948. The first-order chi connectivity index (χ1) is 12.3. The van der Waals surface area contributed by atoms with Gasteiger partial charge in [-0.05, 0) is 48.9 Å². The molecule has 4 nitrogen and oxygen atoms in total. The lowest BCUT2D eigenvalue weighted by molar-refractivity contribution is 0.0751. The molecule has 0 aliphatic heterocycles. The Labute approximate surface area is 153 Å². The number of carbonyl (C=O) groups excluding carboxylic acids is 1. The molecule has 2 aromatic heterocycles. The van der Waals surface area contributed by atoms with Crippen LogP contribution >= 0.6 is 11.3 Å². The van der Waals surface area contributed by atoms with Crippen molar-refractivity contribution in [3.8, 4) is 6.07 Å². The van der Waals surface area contributed by atoms with Crippen molar-refractivity contribution in [3.05, 3.63) is 51.5 Å². The molecule has 0 spiro atoms. The molecule has 2 aromatic rings. The summed E-state index contributed by atoms with van der Waals surface area (Å²) in [7, 11) is 0. The number of aryl methyl sites for hydroxylation is 2. The summed E-state index contributed by atoms with van der Waals surface area (Å²) in [4.78, 5) is 21.1. The molecule has 0 N–H and O–H groups in total. The highest BCUT2D eigenvalue weighted by Crippen LogP contribution is 2.29. The second-order valence-corrected chi connectivity index (χ2v) is 7.61. The Hall–Kier alpha value is -2.19. The van der Waals surface area contributed by atoms with Crippen LogP contribution in [0, 0.1) is 11.3 Å². The van der Waals surface area contributed by atoms with E-state index in [1.807, 2.05) is 12.1 Å². The number of hydrogen-bond donors (Lipinski definition) is 0. The topological polar surface area (TPSA) is 57.0 Å². The minimum Gasteiger partial charge on any atom is -0.333 e. The van der Waals surface area contributed by atoms with Crippen LogP contribution in [0.3, 0.4) is 0 Å². The van der Waals surface area contributed by atoms with Gasteiger partial charge in [0, 0.05) is 30.4 Å². The maximum absolute atomic E-state index is 13.1. The predicted molar refractivity (Wildman–Crippen MR) is 99.4 cm³/mol. The van der Waals surface area contributed by atoms with Crippen molar-refractivity contribution in [2.75, 3.05) is 6.54 Å². The number of nitrogens with zero attached hydrogens (tertiary/aromatic N) is 3. The predicted octanol–water partition coefficient (Wildman–Crippen LogP) is 4.36. The second kappa shape index (κ2) is 8.77. The molecule has 130 valence electrons. The fraction of sp³-hybridized carbons (Fsp3) is 0.450. The summed E-state index contributed by atoms with van der Waals surface area (Å²) in [5.41, 5.74) is 2.35. The van der Waals surface area contributed by atoms with Crippen LogP contribution < -0.4 is 0 Å². The van der Waals surface area contributed by atoms with E-state index < -0.39 is 0 Å². The highest BCUT2D eigenvalue weighted by molar-refractivity contribution is 7.14. The van der Waals surface area contributed by atoms with Gasteiger partial charge in [0.15, 0.2) is 0 Å². The number of fused-ring (bicyclic) bond motifs is 1. The molecule has 0 aromatic carbocycles. The highest BCUT2D eigenvalue weighted by Gasteiger charge is 2.21. The number of pyridine rings is 1. The van der Waals surface area contributed by atoms with Crippen LogP contribution in [-0.2, 0) is 19.4 Å². The summed E-state index contributed by atoms with van der Waals surface area (Å²) in [5.74, 6) is 0.0378. The first-order valence-corrected chi connectivity index (χ1v) is 9.76. The number of aromatic nitrogens is 1. The fourth-order valence-corrected chi connectivity index (χ4v) is 4.48. The Morgan fingerprint density at radius 2 is 2.12 bits per heavy atom. The Morgan fingerprint density at radius 1 is 1.28 bits per heavy atom. The number of rotatable bonds is 5. The van der Waals surface area contributed by atoms with Crippen LogP contribution in [-0.4, -0.2) is 22.3 Å². The van der Waals surface area contributed by atoms with E-state index in [4.69, 9.17) is 5.26 Å². The quantitative estimate of drug-likeness (QED) is 0.802. The number of carbonyl (C=O) groups is 1. The van der Waals surface area contributed by atoms with Gasteiger partial charge in [0.1, 0.15) is 0 Å². The number of amides is 1. The van der Waals surface area contributed by atoms with Gasteiger partial charge in [-0.15, -0.1) is 11.3 Å². The highest BCUT2D eigenvalue weighted by atomic mass is 32.1. The monoisotopic (exact) mass is 353 g/mol. The zero-order valence-corrected chi connectivity index (χ0v) is 15.2. The van der Waals surface area contributed by atoms with Gasteiger partial charge in [0.05, 0.1) is 17.4 Å². The van der Waals surface area contributed by atoms with E-state index in [2.05, 4.69) is 17.1 Å². The van der Waals surface area contributed by atoms with Crippen LogP contribution in [0.2, 0.25) is 0 Å². The van der Waals surface area contributed by atoms with Crippen LogP contribution in [0.4, 0.5) is 0 Å². The van der Waals surface area contributed by atoms with Gasteiger partial charge < -0.3 is 4.90 Å². The van der Waals surface area contributed by atoms with E-state index in [-0.39, 0.29) is 5.91 Å². The Balaban J connectivity index is 1.79. The third-order valence-corrected chi connectivity index (χ3v) is 5.81. The van der Waals surface area contributed by atoms with E-state index in [9.17, 15) is 4.79 Å². The van der Waals surface area contributed by atoms with Crippen LogP contribution in [0.5, 0.6) is 0 Å². The van der Waals surface area contributed by atoms with Crippen LogP contribution in [0.1, 0.15) is 57.8 Å². The SMILES string of the molecule is N#CCCN(Cc1cccnc1)C(=O)c1cc2c(s1)CCCCCC2. The van der Waals surface area contributed by atoms with Gasteiger partial charge in [-0.1, -0.05) is 18.9 Å². The summed E-state index contributed by atoms with van der Waals surface area (Å²) in [5, 5.41) is 8.93. The van der Waals surface area contributed by atoms with Gasteiger partial charge in [0.25, 0.3) is 5.91 Å². The second-order valence-electron chi connectivity index (χ2n) is 6.47.